The van der Waals surface area contributed by atoms with Crippen molar-refractivity contribution in [3.63, 3.8) is 0 Å². The van der Waals surface area contributed by atoms with Crippen molar-refractivity contribution < 1.29 is 9.59 Å². The third-order valence-electron chi connectivity index (χ3n) is 5.37. The van der Waals surface area contributed by atoms with Gasteiger partial charge in [-0.05, 0) is 49.9 Å². The highest BCUT2D eigenvalue weighted by atomic mass is 16.2. The van der Waals surface area contributed by atoms with E-state index in [4.69, 9.17) is 0 Å². The van der Waals surface area contributed by atoms with Crippen LogP contribution in [0.15, 0.2) is 24.3 Å². The van der Waals surface area contributed by atoms with Crippen LogP contribution in [0.5, 0.6) is 0 Å². The van der Waals surface area contributed by atoms with Crippen LogP contribution in [0.2, 0.25) is 0 Å². The summed E-state index contributed by atoms with van der Waals surface area (Å²) in [7, 11) is 1.91. The Hall–Kier alpha value is -2.04. The van der Waals surface area contributed by atoms with Gasteiger partial charge in [-0.3, -0.25) is 9.59 Å². The van der Waals surface area contributed by atoms with Crippen molar-refractivity contribution in [3.8, 4) is 0 Å². The molecule has 0 bridgehead atoms. The second-order valence-corrected chi connectivity index (χ2v) is 7.52. The Morgan fingerprint density at radius 3 is 2.15 bits per heavy atom. The van der Waals surface area contributed by atoms with Crippen LogP contribution in [0, 0.1) is 0 Å². The molecule has 150 valence electrons. The number of carbonyl (C=O) groups is 2. The molecule has 1 aromatic rings. The first-order valence-corrected chi connectivity index (χ1v) is 10.5. The lowest BCUT2D eigenvalue weighted by Gasteiger charge is -2.31. The Kier molecular flexibility index (Phi) is 8.62. The number of hydrogen-bond donors (Lipinski definition) is 1. The molecule has 0 saturated heterocycles. The molecule has 2 amide bonds. The smallest absolute Gasteiger partial charge is 0.253 e. The lowest BCUT2D eigenvalue weighted by atomic mass is 9.94. The lowest BCUT2D eigenvalue weighted by molar-refractivity contribution is -0.130. The van der Waals surface area contributed by atoms with Crippen LogP contribution in [-0.2, 0) is 4.79 Å². The largest absolute Gasteiger partial charge is 0.376 e. The van der Waals surface area contributed by atoms with Crippen LogP contribution in [0.3, 0.4) is 0 Å². The third-order valence-corrected chi connectivity index (χ3v) is 5.37. The van der Waals surface area contributed by atoms with Gasteiger partial charge in [0.15, 0.2) is 0 Å². The van der Waals surface area contributed by atoms with Crippen LogP contribution < -0.4 is 5.32 Å². The number of hydrogen-bond acceptors (Lipinski definition) is 3. The molecule has 1 aliphatic rings. The fourth-order valence-corrected chi connectivity index (χ4v) is 3.74. The number of likely N-dealkylation sites (N-methyl/N-ethyl adjacent to an activating group) is 1. The minimum Gasteiger partial charge on any atom is -0.376 e. The fourth-order valence-electron chi connectivity index (χ4n) is 3.74. The number of rotatable bonds is 9. The van der Waals surface area contributed by atoms with Crippen LogP contribution in [0.1, 0.15) is 69.2 Å². The van der Waals surface area contributed by atoms with Gasteiger partial charge >= 0.3 is 0 Å². The summed E-state index contributed by atoms with van der Waals surface area (Å²) in [5.74, 6) is 0.206. The van der Waals surface area contributed by atoms with Gasteiger partial charge in [-0.1, -0.05) is 33.1 Å². The lowest BCUT2D eigenvalue weighted by Crippen LogP contribution is -2.41. The Labute approximate surface area is 164 Å². The third kappa shape index (κ3) is 6.26. The quantitative estimate of drug-likeness (QED) is 0.707. The number of anilines is 1. The fraction of sp³-hybridized carbons (Fsp3) is 0.636. The van der Waals surface area contributed by atoms with E-state index < -0.39 is 0 Å². The minimum atomic E-state index is 0.0818. The summed E-state index contributed by atoms with van der Waals surface area (Å²) in [6.45, 7) is 6.04. The summed E-state index contributed by atoms with van der Waals surface area (Å²) in [6.07, 6.45) is 7.88. The molecule has 5 heteroatoms. The highest BCUT2D eigenvalue weighted by Crippen LogP contribution is 2.21. The molecule has 0 aliphatic heterocycles. The van der Waals surface area contributed by atoms with Gasteiger partial charge in [-0.25, -0.2) is 0 Å². The predicted octanol–water partition coefficient (Wildman–Crippen LogP) is 4.15. The average molecular weight is 374 g/mol. The molecule has 1 fully saturated rings. The number of carbonyl (C=O) groups excluding carboxylic acids is 2. The molecule has 0 radical (unpaired) electrons. The molecule has 5 nitrogen and oxygen atoms in total. The molecular weight excluding hydrogens is 338 g/mol. The van der Waals surface area contributed by atoms with E-state index in [2.05, 4.69) is 19.2 Å². The van der Waals surface area contributed by atoms with E-state index >= 15 is 0 Å². The van der Waals surface area contributed by atoms with Crippen molar-refractivity contribution in [2.75, 3.05) is 32.0 Å². The molecule has 0 atom stereocenters. The summed E-state index contributed by atoms with van der Waals surface area (Å²) in [4.78, 5) is 28.8. The Morgan fingerprint density at radius 1 is 1.00 bits per heavy atom. The maximum absolute atomic E-state index is 12.6. The summed E-state index contributed by atoms with van der Waals surface area (Å²) in [5.41, 5.74) is 1.57. The Bertz CT molecular complexity index is 588. The van der Waals surface area contributed by atoms with Gasteiger partial charge < -0.3 is 15.1 Å². The number of nitrogens with zero attached hydrogens (tertiary/aromatic N) is 2. The Balaban J connectivity index is 1.87. The predicted molar refractivity (Wildman–Crippen MR) is 111 cm³/mol. The second-order valence-electron chi connectivity index (χ2n) is 7.52. The van der Waals surface area contributed by atoms with E-state index in [1.165, 1.54) is 19.3 Å². The first-order chi connectivity index (χ1) is 13.1. The monoisotopic (exact) mass is 373 g/mol. The maximum atomic E-state index is 12.6. The summed E-state index contributed by atoms with van der Waals surface area (Å²) in [5, 5.41) is 3.19. The van der Waals surface area contributed by atoms with Gasteiger partial charge in [0, 0.05) is 37.4 Å². The molecule has 1 saturated carbocycles. The van der Waals surface area contributed by atoms with E-state index in [1.807, 2.05) is 41.1 Å². The second kappa shape index (κ2) is 11.0. The normalized spacial score (nSPS) is 14.6. The van der Waals surface area contributed by atoms with Crippen molar-refractivity contribution in [2.45, 2.75) is 64.8 Å². The van der Waals surface area contributed by atoms with Crippen LogP contribution in [0.25, 0.3) is 0 Å². The van der Waals surface area contributed by atoms with Gasteiger partial charge in [0.05, 0.1) is 6.54 Å². The summed E-state index contributed by atoms with van der Waals surface area (Å²) >= 11 is 0. The highest BCUT2D eigenvalue weighted by Gasteiger charge is 2.21. The number of benzene rings is 1. The zero-order chi connectivity index (χ0) is 19.6. The Morgan fingerprint density at radius 2 is 1.59 bits per heavy atom. The molecule has 0 aromatic heterocycles. The van der Waals surface area contributed by atoms with Gasteiger partial charge in [-0.15, -0.1) is 0 Å². The van der Waals surface area contributed by atoms with Crippen LogP contribution in [-0.4, -0.2) is 54.3 Å². The molecular formula is C22H35N3O2. The zero-order valence-electron chi connectivity index (χ0n) is 17.2. The average Bonchev–Trinajstić information content (AvgIpc) is 2.71. The topological polar surface area (TPSA) is 52.7 Å². The van der Waals surface area contributed by atoms with E-state index in [0.29, 0.717) is 11.6 Å². The SMILES string of the molecule is CCCN(CCC)C(=O)c1ccc(NCC(=O)N(C)C2CCCCC2)cc1. The molecule has 1 aromatic carbocycles. The van der Waals surface area contributed by atoms with Crippen molar-refractivity contribution in [3.05, 3.63) is 29.8 Å². The molecule has 0 spiro atoms. The van der Waals surface area contributed by atoms with E-state index in [9.17, 15) is 9.59 Å². The van der Waals surface area contributed by atoms with Crippen molar-refractivity contribution >= 4 is 17.5 Å². The zero-order valence-corrected chi connectivity index (χ0v) is 17.2. The van der Waals surface area contributed by atoms with Gasteiger partial charge in [0.25, 0.3) is 5.91 Å². The van der Waals surface area contributed by atoms with Crippen molar-refractivity contribution in [1.29, 1.82) is 0 Å². The maximum Gasteiger partial charge on any atom is 0.253 e. The van der Waals surface area contributed by atoms with Crippen LogP contribution in [0.4, 0.5) is 5.69 Å². The minimum absolute atomic E-state index is 0.0818. The first kappa shape index (κ1) is 21.3. The highest BCUT2D eigenvalue weighted by molar-refractivity contribution is 5.94. The molecule has 27 heavy (non-hydrogen) atoms. The van der Waals surface area contributed by atoms with Crippen molar-refractivity contribution in [2.24, 2.45) is 0 Å². The molecule has 2 rings (SSSR count). The first-order valence-electron chi connectivity index (χ1n) is 10.5. The van der Waals surface area contributed by atoms with Gasteiger partial charge in [0.2, 0.25) is 5.91 Å². The number of amides is 2. The van der Waals surface area contributed by atoms with E-state index in [0.717, 1.165) is 44.5 Å². The molecule has 0 heterocycles. The van der Waals surface area contributed by atoms with E-state index in [-0.39, 0.29) is 18.4 Å². The van der Waals surface area contributed by atoms with Crippen molar-refractivity contribution in [1.82, 2.24) is 9.80 Å². The van der Waals surface area contributed by atoms with Crippen LogP contribution >= 0.6 is 0 Å². The number of nitrogens with one attached hydrogen (secondary N) is 1. The van der Waals surface area contributed by atoms with Gasteiger partial charge in [-0.2, -0.15) is 0 Å². The summed E-state index contributed by atoms with van der Waals surface area (Å²) in [6, 6.07) is 7.85. The van der Waals surface area contributed by atoms with E-state index in [1.54, 1.807) is 0 Å². The summed E-state index contributed by atoms with van der Waals surface area (Å²) < 4.78 is 0. The molecule has 1 aliphatic carbocycles. The molecule has 1 N–H and O–H groups in total. The standard InChI is InChI=1S/C22H35N3O2/c1-4-15-25(16-5-2)22(27)18-11-13-19(14-12-18)23-17-21(26)24(3)20-9-7-6-8-10-20/h11-14,20,23H,4-10,15-17H2,1-3H3. The molecule has 0 unspecified atom stereocenters. The van der Waals surface area contributed by atoms with Gasteiger partial charge in [0.1, 0.15) is 0 Å².